The fourth-order valence-electron chi connectivity index (χ4n) is 4.32. The molecule has 0 saturated heterocycles. The van der Waals surface area contributed by atoms with Crippen LogP contribution in [0.1, 0.15) is 47.9 Å². The van der Waals surface area contributed by atoms with E-state index in [1.807, 2.05) is 32.0 Å². The molecule has 1 N–H and O–H groups in total. The Morgan fingerprint density at radius 1 is 1.04 bits per heavy atom. The fraction of sp³-hybridized carbons (Fsp3) is 0.375. The molecule has 0 aliphatic heterocycles. The highest BCUT2D eigenvalue weighted by Gasteiger charge is 2.24. The molecule has 3 aromatic rings. The van der Waals surface area contributed by atoms with Crippen molar-refractivity contribution >= 4 is 11.0 Å². The molecule has 0 bridgehead atoms. The zero-order valence-corrected chi connectivity index (χ0v) is 16.6. The predicted octanol–water partition coefficient (Wildman–Crippen LogP) is 5.06. The van der Waals surface area contributed by atoms with Crippen molar-refractivity contribution in [2.45, 2.75) is 58.7 Å². The van der Waals surface area contributed by atoms with Gasteiger partial charge in [0.25, 0.3) is 0 Å². The molecule has 1 fully saturated rings. The van der Waals surface area contributed by atoms with Crippen molar-refractivity contribution < 1.29 is 9.52 Å². The summed E-state index contributed by atoms with van der Waals surface area (Å²) < 4.78 is 5.54. The average molecular weight is 377 g/mol. The van der Waals surface area contributed by atoms with Crippen molar-refractivity contribution in [1.29, 1.82) is 0 Å². The van der Waals surface area contributed by atoms with Gasteiger partial charge in [-0.1, -0.05) is 43.2 Å². The standard InChI is InChI=1S/C24H27NO3/c1-16-11-12-21-19(13-23(27)28-24(21)17(16)2)15-25(20-8-4-5-9-20)14-18-7-3-6-10-22(18)26/h3,6-7,10-13,20,26H,4-5,8-9,14-15H2,1-2H3. The molecule has 0 amide bonds. The third-order valence-electron chi connectivity index (χ3n) is 6.10. The van der Waals surface area contributed by atoms with Gasteiger partial charge in [-0.15, -0.1) is 0 Å². The highest BCUT2D eigenvalue weighted by molar-refractivity contribution is 5.83. The highest BCUT2D eigenvalue weighted by atomic mass is 16.4. The van der Waals surface area contributed by atoms with Crippen LogP contribution in [0.5, 0.6) is 5.75 Å². The molecule has 0 spiro atoms. The number of aryl methyl sites for hydroxylation is 2. The van der Waals surface area contributed by atoms with Crippen LogP contribution in [0.15, 0.2) is 51.7 Å². The summed E-state index contributed by atoms with van der Waals surface area (Å²) in [6, 6.07) is 13.8. The van der Waals surface area contributed by atoms with E-state index in [0.717, 1.165) is 40.5 Å². The number of rotatable bonds is 5. The average Bonchev–Trinajstić information content (AvgIpc) is 3.21. The summed E-state index contributed by atoms with van der Waals surface area (Å²) in [5.74, 6) is 0.328. The van der Waals surface area contributed by atoms with Crippen molar-refractivity contribution in [3.63, 3.8) is 0 Å². The minimum Gasteiger partial charge on any atom is -0.508 e. The van der Waals surface area contributed by atoms with Crippen molar-refractivity contribution in [1.82, 2.24) is 4.90 Å². The maximum absolute atomic E-state index is 12.3. The molecule has 0 unspecified atom stereocenters. The number of hydrogen-bond acceptors (Lipinski definition) is 4. The topological polar surface area (TPSA) is 53.7 Å². The molecule has 4 nitrogen and oxygen atoms in total. The number of hydrogen-bond donors (Lipinski definition) is 1. The van der Waals surface area contributed by atoms with Gasteiger partial charge in [0.1, 0.15) is 11.3 Å². The first-order valence-electron chi connectivity index (χ1n) is 10.1. The fourth-order valence-corrected chi connectivity index (χ4v) is 4.32. The monoisotopic (exact) mass is 377 g/mol. The van der Waals surface area contributed by atoms with Gasteiger partial charge >= 0.3 is 5.63 Å². The lowest BCUT2D eigenvalue weighted by atomic mass is 10.0. The first-order valence-corrected chi connectivity index (χ1v) is 10.1. The maximum atomic E-state index is 12.3. The van der Waals surface area contributed by atoms with Crippen LogP contribution < -0.4 is 5.63 Å². The lowest BCUT2D eigenvalue weighted by molar-refractivity contribution is 0.179. The Kier molecular flexibility index (Phi) is 5.23. The molecule has 0 atom stereocenters. The summed E-state index contributed by atoms with van der Waals surface area (Å²) in [6.45, 7) is 5.37. The minimum absolute atomic E-state index is 0.301. The predicted molar refractivity (Wildman–Crippen MR) is 112 cm³/mol. The Balaban J connectivity index is 1.73. The van der Waals surface area contributed by atoms with E-state index in [9.17, 15) is 9.90 Å². The van der Waals surface area contributed by atoms with E-state index in [1.165, 1.54) is 12.8 Å². The highest BCUT2D eigenvalue weighted by Crippen LogP contribution is 2.30. The van der Waals surface area contributed by atoms with E-state index < -0.39 is 0 Å². The van der Waals surface area contributed by atoms with Gasteiger partial charge in [0.05, 0.1) is 0 Å². The van der Waals surface area contributed by atoms with Crippen LogP contribution >= 0.6 is 0 Å². The van der Waals surface area contributed by atoms with Crippen LogP contribution in [-0.2, 0) is 13.1 Å². The van der Waals surface area contributed by atoms with Crippen LogP contribution in [0.3, 0.4) is 0 Å². The molecule has 1 aromatic heterocycles. The van der Waals surface area contributed by atoms with Crippen LogP contribution in [0, 0.1) is 13.8 Å². The van der Waals surface area contributed by atoms with E-state index in [1.54, 1.807) is 12.1 Å². The molecule has 1 saturated carbocycles. The molecule has 1 aliphatic carbocycles. The van der Waals surface area contributed by atoms with Crippen LogP contribution in [0.4, 0.5) is 0 Å². The van der Waals surface area contributed by atoms with Crippen molar-refractivity contribution in [3.8, 4) is 5.75 Å². The molecule has 146 valence electrons. The number of phenolic OH excluding ortho intramolecular Hbond substituents is 1. The lowest BCUT2D eigenvalue weighted by Crippen LogP contribution is -2.32. The molecule has 2 aromatic carbocycles. The molecule has 4 rings (SSSR count). The first-order chi connectivity index (χ1) is 13.5. The number of benzene rings is 2. The molecule has 0 radical (unpaired) electrons. The van der Waals surface area contributed by atoms with Crippen molar-refractivity contribution in [2.24, 2.45) is 0 Å². The zero-order chi connectivity index (χ0) is 19.7. The second-order valence-electron chi connectivity index (χ2n) is 7.95. The molecule has 1 aliphatic rings. The van der Waals surface area contributed by atoms with Crippen LogP contribution in [0.2, 0.25) is 0 Å². The largest absolute Gasteiger partial charge is 0.508 e. The van der Waals surface area contributed by atoms with E-state index in [0.29, 0.717) is 30.5 Å². The van der Waals surface area contributed by atoms with Gasteiger partial charge in [0.15, 0.2) is 0 Å². The van der Waals surface area contributed by atoms with Crippen molar-refractivity contribution in [2.75, 3.05) is 0 Å². The Bertz CT molecular complexity index is 1050. The summed E-state index contributed by atoms with van der Waals surface area (Å²) in [5.41, 5.74) is 4.45. The quantitative estimate of drug-likeness (QED) is 0.632. The number of fused-ring (bicyclic) bond motifs is 1. The van der Waals surface area contributed by atoms with Gasteiger partial charge in [-0.05, 0) is 49.4 Å². The summed E-state index contributed by atoms with van der Waals surface area (Å²) in [7, 11) is 0. The lowest BCUT2D eigenvalue weighted by Gasteiger charge is -2.29. The van der Waals surface area contributed by atoms with Gasteiger partial charge in [0, 0.05) is 36.1 Å². The molecule has 28 heavy (non-hydrogen) atoms. The van der Waals surface area contributed by atoms with Crippen LogP contribution in [-0.4, -0.2) is 16.0 Å². The number of aromatic hydroxyl groups is 1. The SMILES string of the molecule is Cc1ccc2c(CN(Cc3ccccc3O)C3CCCC3)cc(=O)oc2c1C. The maximum Gasteiger partial charge on any atom is 0.336 e. The first kappa shape index (κ1) is 18.8. The summed E-state index contributed by atoms with van der Waals surface area (Å²) >= 11 is 0. The molecular weight excluding hydrogens is 350 g/mol. The third kappa shape index (κ3) is 3.69. The Hall–Kier alpha value is -2.59. The van der Waals surface area contributed by atoms with Gasteiger partial charge in [-0.25, -0.2) is 4.79 Å². The second-order valence-corrected chi connectivity index (χ2v) is 7.95. The second kappa shape index (κ2) is 7.80. The molecule has 4 heteroatoms. The molecular formula is C24H27NO3. The summed E-state index contributed by atoms with van der Waals surface area (Å²) in [6.07, 6.45) is 4.78. The Morgan fingerprint density at radius 2 is 1.75 bits per heavy atom. The number of nitrogens with zero attached hydrogens (tertiary/aromatic N) is 1. The minimum atomic E-state index is -0.301. The Morgan fingerprint density at radius 3 is 2.50 bits per heavy atom. The number of phenols is 1. The zero-order valence-electron chi connectivity index (χ0n) is 16.6. The number of para-hydroxylation sites is 1. The van der Waals surface area contributed by atoms with E-state index in [2.05, 4.69) is 17.0 Å². The van der Waals surface area contributed by atoms with Crippen LogP contribution in [0.25, 0.3) is 11.0 Å². The van der Waals surface area contributed by atoms with Gasteiger partial charge in [-0.3, -0.25) is 4.90 Å². The van der Waals surface area contributed by atoms with E-state index in [4.69, 9.17) is 4.42 Å². The normalized spacial score (nSPS) is 15.0. The van der Waals surface area contributed by atoms with Gasteiger partial charge in [0.2, 0.25) is 0 Å². The summed E-state index contributed by atoms with van der Waals surface area (Å²) in [4.78, 5) is 14.7. The smallest absolute Gasteiger partial charge is 0.336 e. The van der Waals surface area contributed by atoms with Gasteiger partial charge in [-0.2, -0.15) is 0 Å². The Labute approximate surface area is 165 Å². The van der Waals surface area contributed by atoms with Gasteiger partial charge < -0.3 is 9.52 Å². The molecule has 1 heterocycles. The summed E-state index contributed by atoms with van der Waals surface area (Å²) in [5, 5.41) is 11.3. The van der Waals surface area contributed by atoms with Crippen molar-refractivity contribution in [3.05, 3.63) is 75.1 Å². The van der Waals surface area contributed by atoms with E-state index >= 15 is 0 Å². The third-order valence-corrected chi connectivity index (χ3v) is 6.10. The van der Waals surface area contributed by atoms with E-state index in [-0.39, 0.29) is 5.63 Å².